The zero-order valence-corrected chi connectivity index (χ0v) is 13.5. The maximum absolute atomic E-state index is 12.5. The lowest BCUT2D eigenvalue weighted by Gasteiger charge is -2.21. The Morgan fingerprint density at radius 3 is 2.50 bits per heavy atom. The van der Waals surface area contributed by atoms with Gasteiger partial charge in [-0.3, -0.25) is 4.79 Å². The van der Waals surface area contributed by atoms with Crippen LogP contribution in [0, 0.1) is 0 Å². The van der Waals surface area contributed by atoms with Crippen molar-refractivity contribution in [3.8, 4) is 0 Å². The highest BCUT2D eigenvalue weighted by Gasteiger charge is 2.15. The molecule has 0 radical (unpaired) electrons. The molecular weight excluding hydrogens is 338 g/mol. The molecule has 2 aromatic rings. The number of nitrogens with zero attached hydrogens (tertiary/aromatic N) is 1. The summed E-state index contributed by atoms with van der Waals surface area (Å²) in [5.41, 5.74) is 1.71. The average molecular weight is 353 g/mol. The van der Waals surface area contributed by atoms with Gasteiger partial charge in [0, 0.05) is 28.1 Å². The summed E-state index contributed by atoms with van der Waals surface area (Å²) in [5, 5.41) is 0.554. The van der Waals surface area contributed by atoms with Gasteiger partial charge in [-0.2, -0.15) is 0 Å². The Morgan fingerprint density at radius 2 is 1.90 bits per heavy atom. The van der Waals surface area contributed by atoms with Crippen molar-refractivity contribution < 1.29 is 4.79 Å². The van der Waals surface area contributed by atoms with E-state index in [1.165, 1.54) is 0 Å². The number of hydrogen-bond donors (Lipinski definition) is 0. The van der Waals surface area contributed by atoms with Crippen molar-refractivity contribution in [1.82, 2.24) is 4.90 Å². The SMILES string of the molecule is CCN(Cc1ccccc1)C(=O)c1cc(Cl)cc(Br)c1. The Balaban J connectivity index is 2.20. The van der Waals surface area contributed by atoms with Crippen molar-refractivity contribution in [1.29, 1.82) is 0 Å². The van der Waals surface area contributed by atoms with Crippen LogP contribution in [0.3, 0.4) is 0 Å². The predicted molar refractivity (Wildman–Crippen MR) is 86.0 cm³/mol. The molecule has 0 fully saturated rings. The smallest absolute Gasteiger partial charge is 0.254 e. The third kappa shape index (κ3) is 3.84. The number of carbonyl (C=O) groups is 1. The largest absolute Gasteiger partial charge is 0.335 e. The van der Waals surface area contributed by atoms with E-state index in [0.29, 0.717) is 23.7 Å². The molecule has 0 aromatic heterocycles. The summed E-state index contributed by atoms with van der Waals surface area (Å²) in [5.74, 6) is -0.0143. The lowest BCUT2D eigenvalue weighted by atomic mass is 10.1. The molecule has 4 heteroatoms. The zero-order chi connectivity index (χ0) is 14.5. The Morgan fingerprint density at radius 1 is 1.20 bits per heavy atom. The van der Waals surface area contributed by atoms with Gasteiger partial charge in [-0.25, -0.2) is 0 Å². The number of rotatable bonds is 4. The third-order valence-electron chi connectivity index (χ3n) is 2.99. The van der Waals surface area contributed by atoms with E-state index in [9.17, 15) is 4.79 Å². The maximum atomic E-state index is 12.5. The van der Waals surface area contributed by atoms with Gasteiger partial charge in [0.1, 0.15) is 0 Å². The number of amides is 1. The Kier molecular flexibility index (Phi) is 5.21. The molecule has 0 aliphatic rings. The fourth-order valence-corrected chi connectivity index (χ4v) is 2.85. The Bertz CT molecular complexity index is 580. The highest BCUT2D eigenvalue weighted by Crippen LogP contribution is 2.21. The summed E-state index contributed by atoms with van der Waals surface area (Å²) < 4.78 is 0.809. The molecule has 20 heavy (non-hydrogen) atoms. The molecule has 0 saturated heterocycles. The fourth-order valence-electron chi connectivity index (χ4n) is 1.99. The number of hydrogen-bond acceptors (Lipinski definition) is 1. The number of benzene rings is 2. The van der Waals surface area contributed by atoms with Crippen LogP contribution in [0.25, 0.3) is 0 Å². The van der Waals surface area contributed by atoms with Gasteiger partial charge >= 0.3 is 0 Å². The van der Waals surface area contributed by atoms with E-state index >= 15 is 0 Å². The van der Waals surface area contributed by atoms with E-state index in [2.05, 4.69) is 15.9 Å². The summed E-state index contributed by atoms with van der Waals surface area (Å²) in [4.78, 5) is 14.3. The van der Waals surface area contributed by atoms with Crippen LogP contribution in [0.5, 0.6) is 0 Å². The zero-order valence-electron chi connectivity index (χ0n) is 11.1. The van der Waals surface area contributed by atoms with E-state index in [1.807, 2.05) is 37.3 Å². The molecule has 2 nitrogen and oxygen atoms in total. The van der Waals surface area contributed by atoms with Crippen LogP contribution in [0.15, 0.2) is 53.0 Å². The lowest BCUT2D eigenvalue weighted by molar-refractivity contribution is 0.0752. The van der Waals surface area contributed by atoms with E-state index in [4.69, 9.17) is 11.6 Å². The molecule has 2 aromatic carbocycles. The quantitative estimate of drug-likeness (QED) is 0.776. The van der Waals surface area contributed by atoms with Crippen molar-refractivity contribution in [2.75, 3.05) is 6.54 Å². The van der Waals surface area contributed by atoms with Gasteiger partial charge in [-0.05, 0) is 30.7 Å². The van der Waals surface area contributed by atoms with Gasteiger partial charge in [-0.1, -0.05) is 57.9 Å². The highest BCUT2D eigenvalue weighted by molar-refractivity contribution is 9.10. The van der Waals surface area contributed by atoms with E-state index in [0.717, 1.165) is 10.0 Å². The van der Waals surface area contributed by atoms with Gasteiger partial charge in [0.25, 0.3) is 5.91 Å². The summed E-state index contributed by atoms with van der Waals surface area (Å²) >= 11 is 9.37. The molecular formula is C16H15BrClNO. The summed E-state index contributed by atoms with van der Waals surface area (Å²) in [6, 6.07) is 15.2. The van der Waals surface area contributed by atoms with Gasteiger partial charge in [0.15, 0.2) is 0 Å². The predicted octanol–water partition coefficient (Wildman–Crippen LogP) is 4.76. The molecule has 0 atom stereocenters. The van der Waals surface area contributed by atoms with Crippen LogP contribution in [0.2, 0.25) is 5.02 Å². The molecule has 104 valence electrons. The topological polar surface area (TPSA) is 20.3 Å². The maximum Gasteiger partial charge on any atom is 0.254 e. The van der Waals surface area contributed by atoms with Gasteiger partial charge in [-0.15, -0.1) is 0 Å². The first-order valence-electron chi connectivity index (χ1n) is 6.39. The normalized spacial score (nSPS) is 10.3. The van der Waals surface area contributed by atoms with Crippen molar-refractivity contribution in [3.05, 3.63) is 69.2 Å². The summed E-state index contributed by atoms with van der Waals surface area (Å²) in [6.07, 6.45) is 0. The second-order valence-corrected chi connectivity index (χ2v) is 5.82. The standard InChI is InChI=1S/C16H15BrClNO/c1-2-19(11-12-6-4-3-5-7-12)16(20)13-8-14(17)10-15(18)9-13/h3-10H,2,11H2,1H3. The fraction of sp³-hybridized carbons (Fsp3) is 0.188. The molecule has 0 spiro atoms. The van der Waals surface area contributed by atoms with Crippen molar-refractivity contribution >= 4 is 33.4 Å². The first-order chi connectivity index (χ1) is 9.60. The molecule has 0 unspecified atom stereocenters. The molecule has 0 heterocycles. The van der Waals surface area contributed by atoms with Crippen LogP contribution >= 0.6 is 27.5 Å². The first-order valence-corrected chi connectivity index (χ1v) is 7.56. The number of carbonyl (C=O) groups excluding carboxylic acids is 1. The van der Waals surface area contributed by atoms with E-state index in [-0.39, 0.29) is 5.91 Å². The second-order valence-electron chi connectivity index (χ2n) is 4.46. The molecule has 0 saturated carbocycles. The summed E-state index contributed by atoms with van der Waals surface area (Å²) in [6.45, 7) is 3.22. The Hall–Kier alpha value is -1.32. The minimum atomic E-state index is -0.0143. The molecule has 0 aliphatic heterocycles. The minimum absolute atomic E-state index is 0.0143. The molecule has 2 rings (SSSR count). The minimum Gasteiger partial charge on any atom is -0.335 e. The van der Waals surface area contributed by atoms with Gasteiger partial charge in [0.2, 0.25) is 0 Å². The van der Waals surface area contributed by atoms with Crippen LogP contribution in [-0.4, -0.2) is 17.4 Å². The van der Waals surface area contributed by atoms with Crippen molar-refractivity contribution in [2.24, 2.45) is 0 Å². The average Bonchev–Trinajstić information content (AvgIpc) is 2.44. The Labute approximate surface area is 132 Å². The monoisotopic (exact) mass is 351 g/mol. The van der Waals surface area contributed by atoms with Crippen LogP contribution in [0.1, 0.15) is 22.8 Å². The van der Waals surface area contributed by atoms with Crippen molar-refractivity contribution in [2.45, 2.75) is 13.5 Å². The lowest BCUT2D eigenvalue weighted by Crippen LogP contribution is -2.30. The first kappa shape index (κ1) is 15.1. The van der Waals surface area contributed by atoms with Crippen LogP contribution in [0.4, 0.5) is 0 Å². The van der Waals surface area contributed by atoms with Gasteiger partial charge < -0.3 is 4.90 Å². The molecule has 0 bridgehead atoms. The second kappa shape index (κ2) is 6.91. The molecule has 0 aliphatic carbocycles. The van der Waals surface area contributed by atoms with Crippen LogP contribution < -0.4 is 0 Å². The number of halogens is 2. The van der Waals surface area contributed by atoms with Gasteiger partial charge in [0.05, 0.1) is 0 Å². The van der Waals surface area contributed by atoms with E-state index in [1.54, 1.807) is 23.1 Å². The highest BCUT2D eigenvalue weighted by atomic mass is 79.9. The van der Waals surface area contributed by atoms with Crippen LogP contribution in [-0.2, 0) is 6.54 Å². The van der Waals surface area contributed by atoms with Crippen molar-refractivity contribution in [3.63, 3.8) is 0 Å². The molecule has 0 N–H and O–H groups in total. The summed E-state index contributed by atoms with van der Waals surface area (Å²) in [7, 11) is 0. The third-order valence-corrected chi connectivity index (χ3v) is 3.67. The van der Waals surface area contributed by atoms with E-state index < -0.39 is 0 Å². The molecule has 1 amide bonds.